The summed E-state index contributed by atoms with van der Waals surface area (Å²) in [6, 6.07) is 1.10. The number of hydrogen-bond acceptors (Lipinski definition) is 3. The van der Waals surface area contributed by atoms with E-state index in [2.05, 4.69) is 11.5 Å². The Bertz CT molecular complexity index is 134. The molecule has 3 nitrogen and oxygen atoms in total. The summed E-state index contributed by atoms with van der Waals surface area (Å²) < 4.78 is 5.42. The van der Waals surface area contributed by atoms with Crippen molar-refractivity contribution >= 4 is 15.1 Å². The van der Waals surface area contributed by atoms with Crippen molar-refractivity contribution in [1.82, 2.24) is 0 Å². The van der Waals surface area contributed by atoms with Crippen LogP contribution in [-0.4, -0.2) is 28.3 Å². The first-order valence-electron chi connectivity index (χ1n) is 3.96. The Balaban J connectivity index is 3.16. The molecule has 11 heavy (non-hydrogen) atoms. The molecule has 0 radical (unpaired) electrons. The molecule has 0 bridgehead atoms. The Hall–Kier alpha value is -0.443. The van der Waals surface area contributed by atoms with Crippen molar-refractivity contribution in [2.45, 2.75) is 25.9 Å². The van der Waals surface area contributed by atoms with Crippen LogP contribution < -0.4 is 0 Å². The first-order valence-corrected chi connectivity index (χ1v) is 6.40. The van der Waals surface area contributed by atoms with E-state index in [-0.39, 0.29) is 0 Å². The highest BCUT2D eigenvalue weighted by molar-refractivity contribution is 6.50. The van der Waals surface area contributed by atoms with Gasteiger partial charge in [0.1, 0.15) is 0 Å². The van der Waals surface area contributed by atoms with Gasteiger partial charge in [0.25, 0.3) is 0 Å². The molecule has 0 aliphatic carbocycles. The van der Waals surface area contributed by atoms with E-state index in [1.54, 1.807) is 0 Å². The maximum Gasteiger partial charge on any atom is 0.234 e. The van der Waals surface area contributed by atoms with Gasteiger partial charge in [0.2, 0.25) is 6.08 Å². The molecular formula is C7H15NO2Si. The zero-order valence-electron chi connectivity index (χ0n) is 7.17. The summed E-state index contributed by atoms with van der Waals surface area (Å²) >= 11 is 0. The molecule has 0 fully saturated rings. The first-order chi connectivity index (χ1) is 5.31. The van der Waals surface area contributed by atoms with Gasteiger partial charge in [-0.25, -0.2) is 9.79 Å². The number of carbonyl (C=O) groups excluding carboxylic acids is 1. The fourth-order valence-electron chi connectivity index (χ4n) is 0.871. The van der Waals surface area contributed by atoms with Crippen LogP contribution in [0, 0.1) is 0 Å². The lowest BCUT2D eigenvalue weighted by Crippen LogP contribution is -2.12. The maximum atomic E-state index is 9.66. The smallest absolute Gasteiger partial charge is 0.234 e. The van der Waals surface area contributed by atoms with Gasteiger partial charge in [-0.2, -0.15) is 0 Å². The molecular weight excluding hydrogens is 158 g/mol. The molecule has 0 aliphatic heterocycles. The van der Waals surface area contributed by atoms with Gasteiger partial charge in [-0.05, 0) is 25.9 Å². The highest BCUT2D eigenvalue weighted by Gasteiger charge is 2.01. The number of rotatable bonds is 6. The predicted molar refractivity (Wildman–Crippen MR) is 47.1 cm³/mol. The summed E-state index contributed by atoms with van der Waals surface area (Å²) in [6.07, 6.45) is 2.48. The van der Waals surface area contributed by atoms with Crippen molar-refractivity contribution in [2.24, 2.45) is 4.99 Å². The van der Waals surface area contributed by atoms with E-state index in [9.17, 15) is 4.79 Å². The van der Waals surface area contributed by atoms with Gasteiger partial charge in [0.15, 0.2) is 9.04 Å². The average Bonchev–Trinajstić information content (AvgIpc) is 1.99. The number of aliphatic imine (C=N–C) groups is 1. The van der Waals surface area contributed by atoms with Crippen LogP contribution in [-0.2, 0) is 9.22 Å². The second-order valence-corrected chi connectivity index (χ2v) is 4.91. The van der Waals surface area contributed by atoms with Crippen LogP contribution in [0.1, 0.15) is 13.3 Å². The van der Waals surface area contributed by atoms with Gasteiger partial charge >= 0.3 is 0 Å². The Morgan fingerprint density at radius 1 is 1.64 bits per heavy atom. The van der Waals surface area contributed by atoms with Crippen molar-refractivity contribution < 1.29 is 9.22 Å². The molecule has 0 aromatic heterocycles. The molecule has 0 spiro atoms. The first kappa shape index (κ1) is 10.6. The Kier molecular flexibility index (Phi) is 7.35. The van der Waals surface area contributed by atoms with Gasteiger partial charge < -0.3 is 4.43 Å². The second kappa shape index (κ2) is 7.66. The van der Waals surface area contributed by atoms with E-state index >= 15 is 0 Å². The van der Waals surface area contributed by atoms with Crippen LogP contribution in [0.2, 0.25) is 12.6 Å². The summed E-state index contributed by atoms with van der Waals surface area (Å²) in [5.41, 5.74) is 0. The van der Waals surface area contributed by atoms with Crippen LogP contribution in [0.15, 0.2) is 4.99 Å². The normalized spacial score (nSPS) is 12.2. The number of hydrogen-bond donors (Lipinski definition) is 0. The zero-order chi connectivity index (χ0) is 8.53. The molecule has 0 aliphatic rings. The highest BCUT2D eigenvalue weighted by Crippen LogP contribution is 1.98. The van der Waals surface area contributed by atoms with Gasteiger partial charge in [-0.15, -0.1) is 0 Å². The minimum atomic E-state index is -0.935. The molecule has 4 heteroatoms. The molecule has 0 aromatic rings. The third-order valence-electron chi connectivity index (χ3n) is 1.40. The molecule has 0 N–H and O–H groups in total. The molecule has 64 valence electrons. The molecule has 0 saturated carbocycles. The summed E-state index contributed by atoms with van der Waals surface area (Å²) in [4.78, 5) is 13.1. The van der Waals surface area contributed by atoms with Crippen LogP contribution in [0.25, 0.3) is 0 Å². The third kappa shape index (κ3) is 7.45. The van der Waals surface area contributed by atoms with Crippen molar-refractivity contribution in [1.29, 1.82) is 0 Å². The fourth-order valence-corrected chi connectivity index (χ4v) is 2.36. The Labute approximate surface area is 69.2 Å². The largest absolute Gasteiger partial charge is 0.421 e. The Morgan fingerprint density at radius 2 is 2.36 bits per heavy atom. The van der Waals surface area contributed by atoms with Gasteiger partial charge in [0.05, 0.1) is 6.54 Å². The number of isocyanates is 1. The molecule has 0 saturated heterocycles. The van der Waals surface area contributed by atoms with E-state index in [0.717, 1.165) is 19.1 Å². The predicted octanol–water partition coefficient (Wildman–Crippen LogP) is 1.10. The summed E-state index contributed by atoms with van der Waals surface area (Å²) in [5.74, 6) is 0. The zero-order valence-corrected chi connectivity index (χ0v) is 8.32. The second-order valence-electron chi connectivity index (χ2n) is 2.38. The van der Waals surface area contributed by atoms with E-state index in [1.165, 1.54) is 6.08 Å². The van der Waals surface area contributed by atoms with E-state index in [0.29, 0.717) is 6.54 Å². The van der Waals surface area contributed by atoms with E-state index in [1.807, 2.05) is 6.92 Å². The highest BCUT2D eigenvalue weighted by atomic mass is 28.3. The average molecular weight is 173 g/mol. The standard InChI is InChI=1S/C7H15NO2Si/c1-3-10-11(2)6-4-5-8-7-9/h11H,3-6H2,1-2H3/t11-/m1/s1. The molecule has 0 amide bonds. The summed E-state index contributed by atoms with van der Waals surface area (Å²) in [7, 11) is -0.935. The van der Waals surface area contributed by atoms with Gasteiger partial charge in [0, 0.05) is 6.61 Å². The molecule has 0 unspecified atom stereocenters. The van der Waals surface area contributed by atoms with E-state index in [4.69, 9.17) is 4.43 Å². The number of nitrogens with zero attached hydrogens (tertiary/aromatic N) is 1. The molecule has 1 atom stereocenters. The quantitative estimate of drug-likeness (QED) is 0.261. The lowest BCUT2D eigenvalue weighted by molar-refractivity contribution is 0.345. The molecule has 0 aromatic carbocycles. The van der Waals surface area contributed by atoms with Crippen LogP contribution in [0.5, 0.6) is 0 Å². The monoisotopic (exact) mass is 173 g/mol. The van der Waals surface area contributed by atoms with Crippen LogP contribution >= 0.6 is 0 Å². The van der Waals surface area contributed by atoms with Crippen molar-refractivity contribution in [3.8, 4) is 0 Å². The summed E-state index contributed by atoms with van der Waals surface area (Å²) in [5, 5.41) is 0. The molecule has 0 rings (SSSR count). The maximum absolute atomic E-state index is 9.66. The third-order valence-corrected chi connectivity index (χ3v) is 3.52. The van der Waals surface area contributed by atoms with E-state index < -0.39 is 9.04 Å². The Morgan fingerprint density at radius 3 is 2.91 bits per heavy atom. The summed E-state index contributed by atoms with van der Waals surface area (Å²) in [6.45, 7) is 5.58. The van der Waals surface area contributed by atoms with Crippen molar-refractivity contribution in [3.63, 3.8) is 0 Å². The van der Waals surface area contributed by atoms with Gasteiger partial charge in [-0.3, -0.25) is 0 Å². The minimum Gasteiger partial charge on any atom is -0.421 e. The van der Waals surface area contributed by atoms with Gasteiger partial charge in [-0.1, -0.05) is 0 Å². The van der Waals surface area contributed by atoms with Crippen LogP contribution in [0.3, 0.4) is 0 Å². The van der Waals surface area contributed by atoms with Crippen molar-refractivity contribution in [2.75, 3.05) is 13.2 Å². The lowest BCUT2D eigenvalue weighted by atomic mass is 10.5. The van der Waals surface area contributed by atoms with Crippen molar-refractivity contribution in [3.05, 3.63) is 0 Å². The molecule has 0 heterocycles. The fraction of sp³-hybridized carbons (Fsp3) is 0.857. The lowest BCUT2D eigenvalue weighted by Gasteiger charge is -2.07. The minimum absolute atomic E-state index is 0.605. The topological polar surface area (TPSA) is 38.7 Å². The SMILES string of the molecule is CCO[Si@H](C)CCCN=C=O. The van der Waals surface area contributed by atoms with Crippen LogP contribution in [0.4, 0.5) is 0 Å².